The molecule has 0 aromatic rings. The van der Waals surface area contributed by atoms with Crippen LogP contribution in [0.1, 0.15) is 26.7 Å². The average Bonchev–Trinajstić information content (AvgIpc) is 2.16. The summed E-state index contributed by atoms with van der Waals surface area (Å²) in [5.41, 5.74) is 8.05. The third kappa shape index (κ3) is 3.76. The Kier molecular flexibility index (Phi) is 5.27. The molecule has 0 aromatic carbocycles. The molecule has 7 heteroatoms. The van der Waals surface area contributed by atoms with E-state index in [2.05, 4.69) is 4.99 Å². The molecule has 0 bridgehead atoms. The molecule has 16 heavy (non-hydrogen) atoms. The molecule has 0 aliphatic rings. The van der Waals surface area contributed by atoms with E-state index in [1.807, 2.05) is 6.92 Å². The van der Waals surface area contributed by atoms with E-state index < -0.39 is 23.4 Å². The number of carboxylic acid groups (broad SMARTS) is 1. The Morgan fingerprint density at radius 2 is 2.00 bits per heavy atom. The molecule has 0 amide bonds. The predicted molar refractivity (Wildman–Crippen MR) is 57.7 cm³/mol. The third-order valence-electron chi connectivity index (χ3n) is 1.90. The van der Waals surface area contributed by atoms with Crippen molar-refractivity contribution in [1.29, 1.82) is 0 Å². The molecular formula is C9H17N3O4. The zero-order valence-corrected chi connectivity index (χ0v) is 9.40. The van der Waals surface area contributed by atoms with Gasteiger partial charge in [0.1, 0.15) is 0 Å². The molecule has 1 unspecified atom stereocenters. The summed E-state index contributed by atoms with van der Waals surface area (Å²) in [5, 5.41) is 8.89. The predicted octanol–water partition coefficient (Wildman–Crippen LogP) is -0.554. The van der Waals surface area contributed by atoms with Gasteiger partial charge in [0.05, 0.1) is 6.61 Å². The van der Waals surface area contributed by atoms with Crippen LogP contribution in [0.15, 0.2) is 4.99 Å². The van der Waals surface area contributed by atoms with Crippen LogP contribution in [0.4, 0.5) is 0 Å². The summed E-state index contributed by atoms with van der Waals surface area (Å²) in [7, 11) is 0. The van der Waals surface area contributed by atoms with Crippen molar-refractivity contribution in [1.82, 2.24) is 0 Å². The second kappa shape index (κ2) is 5.94. The molecule has 5 N–H and O–H groups in total. The number of aliphatic imine (C=N–C) groups is 1. The molecule has 92 valence electrons. The highest BCUT2D eigenvalue weighted by molar-refractivity contribution is 6.05. The van der Waals surface area contributed by atoms with Gasteiger partial charge in [0.15, 0.2) is 5.96 Å². The topological polar surface area (TPSA) is 128 Å². The van der Waals surface area contributed by atoms with Crippen LogP contribution in [0.5, 0.6) is 0 Å². The smallest absolute Gasteiger partial charge is 0.345 e. The van der Waals surface area contributed by atoms with Crippen LogP contribution in [0.25, 0.3) is 0 Å². The van der Waals surface area contributed by atoms with Crippen LogP contribution >= 0.6 is 0 Å². The van der Waals surface area contributed by atoms with E-state index in [9.17, 15) is 9.59 Å². The van der Waals surface area contributed by atoms with Crippen molar-refractivity contribution < 1.29 is 19.4 Å². The van der Waals surface area contributed by atoms with E-state index in [0.29, 0.717) is 6.42 Å². The number of nitrogens with two attached hydrogens (primary N) is 2. The van der Waals surface area contributed by atoms with Crippen molar-refractivity contribution in [2.24, 2.45) is 16.5 Å². The van der Waals surface area contributed by atoms with E-state index >= 15 is 0 Å². The summed E-state index contributed by atoms with van der Waals surface area (Å²) in [6.45, 7) is 3.15. The lowest BCUT2D eigenvalue weighted by Crippen LogP contribution is -2.46. The molecule has 1 atom stereocenters. The third-order valence-corrected chi connectivity index (χ3v) is 1.90. The molecule has 0 radical (unpaired) electrons. The molecule has 0 aliphatic carbocycles. The molecule has 0 rings (SSSR count). The number of esters is 1. The highest BCUT2D eigenvalue weighted by Crippen LogP contribution is 2.13. The van der Waals surface area contributed by atoms with Crippen LogP contribution in [0.2, 0.25) is 0 Å². The van der Waals surface area contributed by atoms with Gasteiger partial charge < -0.3 is 21.3 Å². The first-order chi connectivity index (χ1) is 7.34. The summed E-state index contributed by atoms with van der Waals surface area (Å²) in [5.74, 6) is -2.90. The number of unbranched alkanes of at least 4 members (excludes halogenated alkanes) is 1. The second-order valence-electron chi connectivity index (χ2n) is 3.40. The Hall–Kier alpha value is -1.79. The van der Waals surface area contributed by atoms with Gasteiger partial charge in [-0.15, -0.1) is 0 Å². The maximum atomic E-state index is 11.5. The Balaban J connectivity index is 4.72. The van der Waals surface area contributed by atoms with E-state index in [0.717, 1.165) is 13.3 Å². The molecule has 0 saturated carbocycles. The fourth-order valence-corrected chi connectivity index (χ4v) is 0.889. The molecule has 0 aromatic heterocycles. The van der Waals surface area contributed by atoms with E-state index in [1.54, 1.807) is 0 Å². The molecule has 0 aliphatic heterocycles. The monoisotopic (exact) mass is 231 g/mol. The number of rotatable bonds is 6. The van der Waals surface area contributed by atoms with Gasteiger partial charge in [0.25, 0.3) is 5.54 Å². The van der Waals surface area contributed by atoms with E-state index in [-0.39, 0.29) is 6.61 Å². The average molecular weight is 231 g/mol. The molecule has 0 heterocycles. The largest absolute Gasteiger partial charge is 0.479 e. The van der Waals surface area contributed by atoms with Crippen molar-refractivity contribution in [3.63, 3.8) is 0 Å². The zero-order valence-electron chi connectivity index (χ0n) is 9.40. The minimum absolute atomic E-state index is 0.151. The number of guanidine groups is 1. The first kappa shape index (κ1) is 14.2. The fourth-order valence-electron chi connectivity index (χ4n) is 0.889. The number of aliphatic carboxylic acids is 1. The molecule has 0 saturated heterocycles. The van der Waals surface area contributed by atoms with E-state index in [1.165, 1.54) is 0 Å². The molecule has 7 nitrogen and oxygen atoms in total. The van der Waals surface area contributed by atoms with Crippen molar-refractivity contribution in [3.8, 4) is 0 Å². The maximum absolute atomic E-state index is 11.5. The Labute approximate surface area is 93.5 Å². The summed E-state index contributed by atoms with van der Waals surface area (Å²) in [4.78, 5) is 25.8. The van der Waals surface area contributed by atoms with Crippen molar-refractivity contribution >= 4 is 17.9 Å². The van der Waals surface area contributed by atoms with Gasteiger partial charge in [-0.05, 0) is 13.3 Å². The zero-order chi connectivity index (χ0) is 12.8. The minimum Gasteiger partial charge on any atom is -0.479 e. The van der Waals surface area contributed by atoms with Crippen LogP contribution < -0.4 is 11.5 Å². The number of carbonyl (C=O) groups is 2. The normalized spacial score (nSPS) is 13.6. The van der Waals surface area contributed by atoms with Gasteiger partial charge in [-0.2, -0.15) is 0 Å². The van der Waals surface area contributed by atoms with Gasteiger partial charge in [0, 0.05) is 0 Å². The number of ether oxygens (including phenoxy) is 1. The lowest BCUT2D eigenvalue weighted by atomic mass is 10.0. The number of carbonyl (C=O) groups excluding carboxylic acids is 1. The quantitative estimate of drug-likeness (QED) is 0.185. The van der Waals surface area contributed by atoms with Crippen LogP contribution in [-0.2, 0) is 14.3 Å². The van der Waals surface area contributed by atoms with Crippen LogP contribution in [0.3, 0.4) is 0 Å². The van der Waals surface area contributed by atoms with Gasteiger partial charge in [-0.25, -0.2) is 14.6 Å². The second-order valence-corrected chi connectivity index (χ2v) is 3.40. The number of carboxylic acids is 1. The highest BCUT2D eigenvalue weighted by Gasteiger charge is 2.43. The van der Waals surface area contributed by atoms with Gasteiger partial charge >= 0.3 is 11.9 Å². The van der Waals surface area contributed by atoms with Crippen LogP contribution in [0, 0.1) is 0 Å². The molecule has 0 spiro atoms. The Morgan fingerprint density at radius 3 is 2.38 bits per heavy atom. The van der Waals surface area contributed by atoms with E-state index in [4.69, 9.17) is 21.3 Å². The van der Waals surface area contributed by atoms with Crippen molar-refractivity contribution in [2.45, 2.75) is 32.2 Å². The number of hydrogen-bond donors (Lipinski definition) is 3. The lowest BCUT2D eigenvalue weighted by molar-refractivity contribution is -0.159. The molecular weight excluding hydrogens is 214 g/mol. The van der Waals surface area contributed by atoms with Gasteiger partial charge in [0.2, 0.25) is 0 Å². The standard InChI is InChI=1S/C9H17N3O4/c1-3-4-5-16-7(15)9(2,6(13)14)12-8(10)11/h3-5H2,1-2H3,(H,13,14)(H4,10,11,12). The summed E-state index contributed by atoms with van der Waals surface area (Å²) >= 11 is 0. The van der Waals surface area contributed by atoms with Gasteiger partial charge in [-0.1, -0.05) is 13.3 Å². The number of nitrogens with zero attached hydrogens (tertiary/aromatic N) is 1. The summed E-state index contributed by atoms with van der Waals surface area (Å²) < 4.78 is 4.77. The number of hydrogen-bond acceptors (Lipinski definition) is 4. The van der Waals surface area contributed by atoms with Crippen molar-refractivity contribution in [3.05, 3.63) is 0 Å². The summed E-state index contributed by atoms with van der Waals surface area (Å²) in [6, 6.07) is 0. The maximum Gasteiger partial charge on any atom is 0.345 e. The molecule has 0 fully saturated rings. The van der Waals surface area contributed by atoms with Gasteiger partial charge in [-0.3, -0.25) is 0 Å². The highest BCUT2D eigenvalue weighted by atomic mass is 16.5. The minimum atomic E-state index is -2.08. The lowest BCUT2D eigenvalue weighted by Gasteiger charge is -2.18. The van der Waals surface area contributed by atoms with Crippen molar-refractivity contribution in [2.75, 3.05) is 6.61 Å². The fraction of sp³-hybridized carbons (Fsp3) is 0.667. The summed E-state index contributed by atoms with van der Waals surface area (Å²) in [6.07, 6.45) is 1.49. The van der Waals surface area contributed by atoms with Crippen LogP contribution in [-0.4, -0.2) is 35.2 Å². The Bertz CT molecular complexity index is 299. The SMILES string of the molecule is CCCCOC(=O)C(C)(N=C(N)N)C(=O)O. The first-order valence-corrected chi connectivity index (χ1v) is 4.86. The Morgan fingerprint density at radius 1 is 1.44 bits per heavy atom. The first-order valence-electron chi connectivity index (χ1n) is 4.86.